The van der Waals surface area contributed by atoms with E-state index in [0.29, 0.717) is 5.92 Å². The molecule has 0 radical (unpaired) electrons. The summed E-state index contributed by atoms with van der Waals surface area (Å²) < 4.78 is 13.3. The molecular weight excluding hydrogens is 292 g/mol. The van der Waals surface area contributed by atoms with Crippen LogP contribution < -0.4 is 0 Å². The van der Waals surface area contributed by atoms with Gasteiger partial charge in [0.1, 0.15) is 11.3 Å². The molecule has 0 amide bonds. The molecule has 0 bridgehead atoms. The molecule has 0 N–H and O–H groups in total. The van der Waals surface area contributed by atoms with Crippen molar-refractivity contribution in [2.75, 3.05) is 46.1 Å². The van der Waals surface area contributed by atoms with Gasteiger partial charge in [-0.3, -0.25) is 4.90 Å². The van der Waals surface area contributed by atoms with Gasteiger partial charge in [0.15, 0.2) is 5.65 Å². The molecule has 6 nitrogen and oxygen atoms in total. The van der Waals surface area contributed by atoms with E-state index in [1.807, 2.05) is 12.3 Å². The predicted octanol–water partition coefficient (Wildman–Crippen LogP) is 1.34. The van der Waals surface area contributed by atoms with Crippen LogP contribution in [0.2, 0.25) is 0 Å². The summed E-state index contributed by atoms with van der Waals surface area (Å²) in [5.41, 5.74) is 2.01. The Bertz CT molecular complexity index is 645. The van der Waals surface area contributed by atoms with Crippen molar-refractivity contribution < 1.29 is 9.47 Å². The van der Waals surface area contributed by atoms with Crippen LogP contribution in [0.4, 0.5) is 0 Å². The molecule has 1 unspecified atom stereocenters. The summed E-state index contributed by atoms with van der Waals surface area (Å²) in [6, 6.07) is 4.02. The van der Waals surface area contributed by atoms with Crippen molar-refractivity contribution in [1.29, 1.82) is 0 Å². The van der Waals surface area contributed by atoms with Crippen molar-refractivity contribution in [3.8, 4) is 0 Å². The highest BCUT2D eigenvalue weighted by Gasteiger charge is 2.21. The smallest absolute Gasteiger partial charge is 0.160 e. The zero-order chi connectivity index (χ0) is 15.5. The molecule has 0 saturated carbocycles. The van der Waals surface area contributed by atoms with Gasteiger partial charge in [0.25, 0.3) is 0 Å². The summed E-state index contributed by atoms with van der Waals surface area (Å²) in [6.07, 6.45) is 3.98. The molecule has 1 atom stereocenters. The molecule has 0 aromatic carbocycles. The lowest BCUT2D eigenvalue weighted by Gasteiger charge is -2.27. The molecule has 0 aliphatic carbocycles. The van der Waals surface area contributed by atoms with Crippen LogP contribution in [0.15, 0.2) is 18.3 Å². The van der Waals surface area contributed by atoms with Crippen LogP contribution in [-0.4, -0.2) is 65.5 Å². The Labute approximate surface area is 136 Å². The van der Waals surface area contributed by atoms with Gasteiger partial charge >= 0.3 is 0 Å². The summed E-state index contributed by atoms with van der Waals surface area (Å²) in [5, 5.41) is 0. The number of rotatable bonds is 5. The van der Waals surface area contributed by atoms with Crippen LogP contribution in [0.1, 0.15) is 12.2 Å². The van der Waals surface area contributed by atoms with Crippen molar-refractivity contribution in [3.05, 3.63) is 24.2 Å². The molecule has 2 saturated heterocycles. The molecule has 6 heteroatoms. The lowest BCUT2D eigenvalue weighted by Crippen LogP contribution is -2.38. The fourth-order valence-electron chi connectivity index (χ4n) is 3.46. The zero-order valence-corrected chi connectivity index (χ0v) is 13.5. The number of hydrogen-bond donors (Lipinski definition) is 0. The van der Waals surface area contributed by atoms with Gasteiger partial charge in [-0.1, -0.05) is 0 Å². The second-order valence-electron chi connectivity index (χ2n) is 6.41. The van der Waals surface area contributed by atoms with Gasteiger partial charge in [-0.15, -0.1) is 0 Å². The first-order valence-electron chi connectivity index (χ1n) is 8.58. The average molecular weight is 316 g/mol. The van der Waals surface area contributed by atoms with Crippen LogP contribution in [0.3, 0.4) is 0 Å². The predicted molar refractivity (Wildman–Crippen MR) is 87.4 cm³/mol. The first-order chi connectivity index (χ1) is 11.4. The van der Waals surface area contributed by atoms with Gasteiger partial charge in [-0.2, -0.15) is 0 Å². The highest BCUT2D eigenvalue weighted by atomic mass is 16.5. The van der Waals surface area contributed by atoms with Crippen LogP contribution in [0, 0.1) is 5.92 Å². The summed E-state index contributed by atoms with van der Waals surface area (Å²) in [7, 11) is 0. The molecule has 0 spiro atoms. The molecule has 2 aliphatic rings. The molecule has 2 fully saturated rings. The molecule has 4 heterocycles. The normalized spacial score (nSPS) is 22.9. The molecule has 2 aromatic rings. The first kappa shape index (κ1) is 15.1. The van der Waals surface area contributed by atoms with Crippen molar-refractivity contribution in [2.45, 2.75) is 19.4 Å². The van der Waals surface area contributed by atoms with Gasteiger partial charge < -0.3 is 14.0 Å². The van der Waals surface area contributed by atoms with E-state index in [0.717, 1.165) is 82.4 Å². The Kier molecular flexibility index (Phi) is 4.55. The number of ether oxygens (including phenoxy) is 2. The number of fused-ring (bicyclic) bond motifs is 1. The van der Waals surface area contributed by atoms with Crippen molar-refractivity contribution in [2.24, 2.45) is 5.92 Å². The number of aromatic nitrogens is 3. The lowest BCUT2D eigenvalue weighted by molar-refractivity contribution is 0.0364. The van der Waals surface area contributed by atoms with E-state index in [2.05, 4.69) is 20.5 Å². The standard InChI is InChI=1S/C17H24N4O2/c1-2-15-17(18-4-1)21(6-5-20-7-10-22-11-8-20)16(19-15)12-14-3-9-23-13-14/h1-2,4,14H,3,5-13H2. The lowest BCUT2D eigenvalue weighted by atomic mass is 10.1. The maximum absolute atomic E-state index is 5.52. The average Bonchev–Trinajstić information content (AvgIpc) is 3.22. The third-order valence-electron chi connectivity index (χ3n) is 4.82. The summed E-state index contributed by atoms with van der Waals surface area (Å²) in [5.74, 6) is 1.75. The van der Waals surface area contributed by atoms with E-state index >= 15 is 0 Å². The Morgan fingerprint density at radius 1 is 1.13 bits per heavy atom. The van der Waals surface area contributed by atoms with E-state index in [9.17, 15) is 0 Å². The van der Waals surface area contributed by atoms with Gasteiger partial charge in [-0.05, 0) is 24.5 Å². The van der Waals surface area contributed by atoms with Gasteiger partial charge in [-0.25, -0.2) is 9.97 Å². The van der Waals surface area contributed by atoms with Gasteiger partial charge in [0.2, 0.25) is 0 Å². The van der Waals surface area contributed by atoms with Crippen LogP contribution in [-0.2, 0) is 22.4 Å². The third-order valence-corrected chi connectivity index (χ3v) is 4.82. The number of morpholine rings is 1. The quantitative estimate of drug-likeness (QED) is 0.833. The second-order valence-corrected chi connectivity index (χ2v) is 6.41. The fraction of sp³-hybridized carbons (Fsp3) is 0.647. The highest BCUT2D eigenvalue weighted by molar-refractivity contribution is 5.71. The number of imidazole rings is 1. The Morgan fingerprint density at radius 3 is 2.87 bits per heavy atom. The van der Waals surface area contributed by atoms with Crippen molar-refractivity contribution in [1.82, 2.24) is 19.4 Å². The number of hydrogen-bond acceptors (Lipinski definition) is 5. The van der Waals surface area contributed by atoms with Gasteiger partial charge in [0, 0.05) is 52.0 Å². The van der Waals surface area contributed by atoms with Crippen LogP contribution in [0.5, 0.6) is 0 Å². The molecular formula is C17H24N4O2. The maximum atomic E-state index is 5.52. The number of pyridine rings is 1. The summed E-state index contributed by atoms with van der Waals surface area (Å²) >= 11 is 0. The molecule has 23 heavy (non-hydrogen) atoms. The summed E-state index contributed by atoms with van der Waals surface area (Å²) in [4.78, 5) is 11.9. The van der Waals surface area contributed by atoms with E-state index in [1.165, 1.54) is 0 Å². The zero-order valence-electron chi connectivity index (χ0n) is 13.5. The van der Waals surface area contributed by atoms with Crippen LogP contribution in [0.25, 0.3) is 11.2 Å². The fourth-order valence-corrected chi connectivity index (χ4v) is 3.46. The third kappa shape index (κ3) is 3.39. The Morgan fingerprint density at radius 2 is 2.04 bits per heavy atom. The Balaban J connectivity index is 1.54. The van der Waals surface area contributed by atoms with Crippen molar-refractivity contribution >= 4 is 11.2 Å². The highest BCUT2D eigenvalue weighted by Crippen LogP contribution is 2.21. The largest absolute Gasteiger partial charge is 0.381 e. The van der Waals surface area contributed by atoms with E-state index in [-0.39, 0.29) is 0 Å². The minimum absolute atomic E-state index is 0.592. The second kappa shape index (κ2) is 6.95. The number of nitrogens with zero attached hydrogens (tertiary/aromatic N) is 4. The molecule has 124 valence electrons. The first-order valence-corrected chi connectivity index (χ1v) is 8.58. The van der Waals surface area contributed by atoms with Crippen molar-refractivity contribution in [3.63, 3.8) is 0 Å². The molecule has 2 aromatic heterocycles. The van der Waals surface area contributed by atoms with Gasteiger partial charge in [0.05, 0.1) is 13.2 Å². The summed E-state index contributed by atoms with van der Waals surface area (Å²) in [6.45, 7) is 7.44. The minimum Gasteiger partial charge on any atom is -0.381 e. The van der Waals surface area contributed by atoms with E-state index in [1.54, 1.807) is 0 Å². The molecule has 4 rings (SSSR count). The Hall–Kier alpha value is -1.50. The van der Waals surface area contributed by atoms with E-state index in [4.69, 9.17) is 14.5 Å². The maximum Gasteiger partial charge on any atom is 0.160 e. The monoisotopic (exact) mass is 316 g/mol. The topological polar surface area (TPSA) is 52.4 Å². The molecule has 2 aliphatic heterocycles. The minimum atomic E-state index is 0.592. The van der Waals surface area contributed by atoms with Crippen LogP contribution >= 0.6 is 0 Å². The van der Waals surface area contributed by atoms with E-state index < -0.39 is 0 Å². The SMILES string of the molecule is c1cnc2c(c1)nc(CC1CCOC1)n2CCN1CCOCC1.